The zero-order valence-electron chi connectivity index (χ0n) is 12.8. The lowest BCUT2D eigenvalue weighted by molar-refractivity contribution is 0.817. The van der Waals surface area contributed by atoms with Crippen LogP contribution in [0.15, 0.2) is 30.3 Å². The summed E-state index contributed by atoms with van der Waals surface area (Å²) >= 11 is 0. The topological polar surface area (TPSA) is 41.1 Å². The van der Waals surface area contributed by atoms with Crippen LogP contribution < -0.4 is 10.2 Å². The van der Waals surface area contributed by atoms with Gasteiger partial charge in [0.05, 0.1) is 0 Å². The maximum absolute atomic E-state index is 4.66. The second-order valence-corrected chi connectivity index (χ2v) is 5.35. The van der Waals surface area contributed by atoms with E-state index in [0.717, 1.165) is 22.9 Å². The van der Waals surface area contributed by atoms with Gasteiger partial charge in [-0.1, -0.05) is 13.8 Å². The van der Waals surface area contributed by atoms with Gasteiger partial charge in [0.15, 0.2) is 5.82 Å². The van der Waals surface area contributed by atoms with E-state index in [1.165, 1.54) is 5.69 Å². The summed E-state index contributed by atoms with van der Waals surface area (Å²) in [5.74, 6) is 2.01. The summed E-state index contributed by atoms with van der Waals surface area (Å²) < 4.78 is 0. The Labute approximate surface area is 120 Å². The van der Waals surface area contributed by atoms with Crippen LogP contribution in [0.4, 0.5) is 11.5 Å². The molecule has 0 saturated heterocycles. The highest BCUT2D eigenvalue weighted by atomic mass is 15.1. The van der Waals surface area contributed by atoms with Crippen molar-refractivity contribution in [1.82, 2.24) is 9.97 Å². The number of hydrogen-bond donors (Lipinski definition) is 1. The molecule has 106 valence electrons. The smallest absolute Gasteiger partial charge is 0.161 e. The minimum Gasteiger partial charge on any atom is -0.378 e. The second-order valence-electron chi connectivity index (χ2n) is 5.35. The van der Waals surface area contributed by atoms with E-state index in [-0.39, 0.29) is 0 Å². The Hall–Kier alpha value is -2.10. The van der Waals surface area contributed by atoms with Crippen molar-refractivity contribution in [3.05, 3.63) is 36.0 Å². The fourth-order valence-corrected chi connectivity index (χ4v) is 1.93. The molecule has 0 radical (unpaired) electrons. The summed E-state index contributed by atoms with van der Waals surface area (Å²) in [5, 5.41) is 3.10. The number of nitrogens with one attached hydrogen (secondary N) is 1. The Bertz CT molecular complexity index is 574. The summed E-state index contributed by atoms with van der Waals surface area (Å²) in [6, 6.07) is 10.3. The van der Waals surface area contributed by atoms with Crippen molar-refractivity contribution in [3.63, 3.8) is 0 Å². The first-order chi connectivity index (χ1) is 9.51. The highest BCUT2D eigenvalue weighted by molar-refractivity contribution is 5.61. The molecule has 2 rings (SSSR count). The van der Waals surface area contributed by atoms with Crippen LogP contribution in [0.2, 0.25) is 0 Å². The molecule has 0 fully saturated rings. The zero-order valence-corrected chi connectivity index (χ0v) is 12.8. The minimum absolute atomic E-state index is 0.380. The van der Waals surface area contributed by atoms with Crippen molar-refractivity contribution >= 4 is 11.5 Å². The molecule has 0 aliphatic rings. The van der Waals surface area contributed by atoms with Crippen molar-refractivity contribution in [3.8, 4) is 11.4 Å². The van der Waals surface area contributed by atoms with Crippen LogP contribution in [-0.2, 0) is 0 Å². The number of aromatic nitrogens is 2. The van der Waals surface area contributed by atoms with Crippen LogP contribution in [0.5, 0.6) is 0 Å². The molecule has 2 aromatic rings. The van der Waals surface area contributed by atoms with Crippen LogP contribution in [-0.4, -0.2) is 31.1 Å². The molecule has 0 unspecified atom stereocenters. The number of rotatable bonds is 4. The molecule has 4 heteroatoms. The second kappa shape index (κ2) is 5.90. The molecule has 0 atom stereocenters. The van der Waals surface area contributed by atoms with Gasteiger partial charge in [-0.2, -0.15) is 0 Å². The summed E-state index contributed by atoms with van der Waals surface area (Å²) in [5.41, 5.74) is 3.26. The third-order valence-electron chi connectivity index (χ3n) is 3.24. The van der Waals surface area contributed by atoms with Gasteiger partial charge < -0.3 is 10.2 Å². The fraction of sp³-hybridized carbons (Fsp3) is 0.375. The van der Waals surface area contributed by atoms with Gasteiger partial charge in [0.1, 0.15) is 5.82 Å². The molecular formula is C16H22N4. The first kappa shape index (κ1) is 14.3. The molecule has 1 aromatic heterocycles. The molecule has 1 heterocycles. The van der Waals surface area contributed by atoms with Crippen LogP contribution >= 0.6 is 0 Å². The Morgan fingerprint density at radius 2 is 1.70 bits per heavy atom. The Morgan fingerprint density at radius 1 is 1.05 bits per heavy atom. The van der Waals surface area contributed by atoms with Crippen molar-refractivity contribution < 1.29 is 0 Å². The summed E-state index contributed by atoms with van der Waals surface area (Å²) in [6.45, 7) is 4.28. The number of hydrogen-bond acceptors (Lipinski definition) is 4. The molecule has 0 aliphatic heterocycles. The number of anilines is 2. The highest BCUT2D eigenvalue weighted by Gasteiger charge is 2.09. The lowest BCUT2D eigenvalue weighted by atomic mass is 10.1. The molecule has 20 heavy (non-hydrogen) atoms. The van der Waals surface area contributed by atoms with E-state index in [0.29, 0.717) is 5.92 Å². The molecular weight excluding hydrogens is 248 g/mol. The molecule has 4 nitrogen and oxygen atoms in total. The first-order valence-corrected chi connectivity index (χ1v) is 6.85. The third-order valence-corrected chi connectivity index (χ3v) is 3.24. The van der Waals surface area contributed by atoms with E-state index < -0.39 is 0 Å². The third kappa shape index (κ3) is 3.07. The van der Waals surface area contributed by atoms with Crippen LogP contribution in [0.1, 0.15) is 25.5 Å². The van der Waals surface area contributed by atoms with Gasteiger partial charge in [-0.15, -0.1) is 0 Å². The molecule has 0 bridgehead atoms. The van der Waals surface area contributed by atoms with Crippen molar-refractivity contribution in [1.29, 1.82) is 0 Å². The van der Waals surface area contributed by atoms with E-state index in [2.05, 4.69) is 58.3 Å². The van der Waals surface area contributed by atoms with Crippen molar-refractivity contribution in [2.75, 3.05) is 31.4 Å². The monoisotopic (exact) mass is 270 g/mol. The average Bonchev–Trinajstić information content (AvgIpc) is 2.46. The zero-order chi connectivity index (χ0) is 14.7. The van der Waals surface area contributed by atoms with Gasteiger partial charge in [-0.25, -0.2) is 9.97 Å². The van der Waals surface area contributed by atoms with E-state index >= 15 is 0 Å². The van der Waals surface area contributed by atoms with E-state index in [9.17, 15) is 0 Å². The molecule has 0 spiro atoms. The van der Waals surface area contributed by atoms with Crippen LogP contribution in [0.25, 0.3) is 11.4 Å². The summed E-state index contributed by atoms with van der Waals surface area (Å²) in [4.78, 5) is 11.3. The van der Waals surface area contributed by atoms with Gasteiger partial charge in [0, 0.05) is 44.2 Å². The van der Waals surface area contributed by atoms with Gasteiger partial charge in [0.25, 0.3) is 0 Å². The molecule has 0 aliphatic carbocycles. The summed E-state index contributed by atoms with van der Waals surface area (Å²) in [6.07, 6.45) is 0. The quantitative estimate of drug-likeness (QED) is 0.924. The lowest BCUT2D eigenvalue weighted by Crippen LogP contribution is -2.08. The normalized spacial score (nSPS) is 10.7. The Balaban J connectivity index is 2.43. The van der Waals surface area contributed by atoms with Crippen molar-refractivity contribution in [2.24, 2.45) is 0 Å². The van der Waals surface area contributed by atoms with Crippen molar-refractivity contribution in [2.45, 2.75) is 19.8 Å². The molecule has 0 saturated carbocycles. The van der Waals surface area contributed by atoms with Gasteiger partial charge >= 0.3 is 0 Å². The predicted octanol–water partition coefficient (Wildman–Crippen LogP) is 3.37. The lowest BCUT2D eigenvalue weighted by Gasteiger charge is -2.13. The van der Waals surface area contributed by atoms with Gasteiger partial charge in [-0.05, 0) is 30.2 Å². The Kier molecular flexibility index (Phi) is 4.23. The number of nitrogens with zero attached hydrogens (tertiary/aromatic N) is 3. The van der Waals surface area contributed by atoms with E-state index in [4.69, 9.17) is 0 Å². The van der Waals surface area contributed by atoms with Crippen LogP contribution in [0.3, 0.4) is 0 Å². The SMILES string of the molecule is CNc1cc(C(C)C)nc(-c2ccc(N(C)C)cc2)n1. The largest absolute Gasteiger partial charge is 0.378 e. The van der Waals surface area contributed by atoms with Gasteiger partial charge in [0.2, 0.25) is 0 Å². The summed E-state index contributed by atoms with van der Waals surface area (Å²) in [7, 11) is 5.94. The van der Waals surface area contributed by atoms with E-state index in [1.807, 2.05) is 27.2 Å². The molecule has 1 N–H and O–H groups in total. The Morgan fingerprint density at radius 3 is 2.20 bits per heavy atom. The average molecular weight is 270 g/mol. The predicted molar refractivity (Wildman–Crippen MR) is 85.4 cm³/mol. The first-order valence-electron chi connectivity index (χ1n) is 6.85. The fourth-order valence-electron chi connectivity index (χ4n) is 1.93. The molecule has 1 aromatic carbocycles. The van der Waals surface area contributed by atoms with Gasteiger partial charge in [-0.3, -0.25) is 0 Å². The highest BCUT2D eigenvalue weighted by Crippen LogP contribution is 2.23. The number of benzene rings is 1. The van der Waals surface area contributed by atoms with E-state index in [1.54, 1.807) is 0 Å². The minimum atomic E-state index is 0.380. The maximum atomic E-state index is 4.66. The maximum Gasteiger partial charge on any atom is 0.161 e. The standard InChI is InChI=1S/C16H22N4/c1-11(2)14-10-15(17-3)19-16(18-14)12-6-8-13(9-7-12)20(4)5/h6-11H,1-5H3,(H,17,18,19). The van der Waals surface area contributed by atoms with Crippen LogP contribution in [0, 0.1) is 0 Å². The molecule has 0 amide bonds.